The molecule has 2 N–H and O–H groups in total. The first kappa shape index (κ1) is 8.93. The van der Waals surface area contributed by atoms with E-state index >= 15 is 0 Å². The molecule has 1 heterocycles. The average molecular weight is 177 g/mol. The van der Waals surface area contributed by atoms with E-state index in [0.29, 0.717) is 11.4 Å². The maximum absolute atomic E-state index is 8.52. The topological polar surface area (TPSA) is 96.6 Å². The fraction of sp³-hybridized carbons (Fsp3) is 0.143. The van der Waals surface area contributed by atoms with Crippen LogP contribution in [0, 0.1) is 11.3 Å². The molecular formula is C7H7N5O. The number of rotatable bonds is 3. The highest BCUT2D eigenvalue weighted by Crippen LogP contribution is 2.00. The van der Waals surface area contributed by atoms with Crippen molar-refractivity contribution in [1.82, 2.24) is 4.98 Å². The molecule has 66 valence electrons. The van der Waals surface area contributed by atoms with E-state index in [2.05, 4.69) is 20.3 Å². The van der Waals surface area contributed by atoms with Crippen molar-refractivity contribution < 1.29 is 4.84 Å². The SMILES string of the molecule is N#Cc1cccc(CON=NN)n1. The van der Waals surface area contributed by atoms with Gasteiger partial charge in [0, 0.05) is 5.28 Å². The van der Waals surface area contributed by atoms with Crippen molar-refractivity contribution in [3.05, 3.63) is 29.6 Å². The predicted molar refractivity (Wildman–Crippen MR) is 42.8 cm³/mol. The maximum atomic E-state index is 8.52. The van der Waals surface area contributed by atoms with Crippen LogP contribution in [0.3, 0.4) is 0 Å². The summed E-state index contributed by atoms with van der Waals surface area (Å²) in [6.07, 6.45) is 0. The summed E-state index contributed by atoms with van der Waals surface area (Å²) in [5, 5.41) is 14.5. The summed E-state index contributed by atoms with van der Waals surface area (Å²) in [7, 11) is 0. The molecule has 0 aliphatic rings. The third-order valence-corrected chi connectivity index (χ3v) is 1.24. The summed E-state index contributed by atoms with van der Waals surface area (Å²) >= 11 is 0. The summed E-state index contributed by atoms with van der Waals surface area (Å²) < 4.78 is 0. The van der Waals surface area contributed by atoms with Gasteiger partial charge in [-0.1, -0.05) is 6.07 Å². The second-order valence-corrected chi connectivity index (χ2v) is 2.10. The highest BCUT2D eigenvalue weighted by Gasteiger charge is 1.96. The Bertz CT molecular complexity index is 343. The van der Waals surface area contributed by atoms with Crippen LogP contribution in [-0.4, -0.2) is 4.98 Å². The molecule has 13 heavy (non-hydrogen) atoms. The lowest BCUT2D eigenvalue weighted by molar-refractivity contribution is 0.106. The first-order valence-electron chi connectivity index (χ1n) is 3.45. The van der Waals surface area contributed by atoms with Gasteiger partial charge in [-0.15, -0.1) is 0 Å². The Morgan fingerprint density at radius 1 is 1.62 bits per heavy atom. The second-order valence-electron chi connectivity index (χ2n) is 2.10. The van der Waals surface area contributed by atoms with Crippen molar-refractivity contribution in [3.8, 4) is 6.07 Å². The molecule has 0 bridgehead atoms. The van der Waals surface area contributed by atoms with Crippen molar-refractivity contribution in [3.63, 3.8) is 0 Å². The molecule has 0 aliphatic heterocycles. The minimum Gasteiger partial charge on any atom is -0.372 e. The highest BCUT2D eigenvalue weighted by atomic mass is 16.6. The van der Waals surface area contributed by atoms with Gasteiger partial charge < -0.3 is 10.7 Å². The van der Waals surface area contributed by atoms with E-state index in [1.54, 1.807) is 18.2 Å². The molecule has 0 unspecified atom stereocenters. The van der Waals surface area contributed by atoms with Crippen LogP contribution in [0.4, 0.5) is 0 Å². The van der Waals surface area contributed by atoms with Gasteiger partial charge in [-0.3, -0.25) is 0 Å². The van der Waals surface area contributed by atoms with Gasteiger partial charge in [0.1, 0.15) is 11.8 Å². The quantitative estimate of drug-likeness (QED) is 0.417. The number of nitriles is 1. The highest BCUT2D eigenvalue weighted by molar-refractivity contribution is 5.21. The largest absolute Gasteiger partial charge is 0.372 e. The molecule has 0 amide bonds. The van der Waals surface area contributed by atoms with E-state index in [1.807, 2.05) is 6.07 Å². The van der Waals surface area contributed by atoms with E-state index in [4.69, 9.17) is 11.1 Å². The van der Waals surface area contributed by atoms with E-state index in [1.165, 1.54) is 0 Å². The number of hydrogen-bond donors (Lipinski definition) is 1. The fourth-order valence-corrected chi connectivity index (χ4v) is 0.751. The maximum Gasteiger partial charge on any atom is 0.160 e. The van der Waals surface area contributed by atoms with Gasteiger partial charge in [-0.2, -0.15) is 5.26 Å². The first-order chi connectivity index (χ1) is 6.36. The molecule has 6 heteroatoms. The second kappa shape index (κ2) is 4.66. The Morgan fingerprint density at radius 2 is 2.46 bits per heavy atom. The minimum atomic E-state index is 0.149. The third-order valence-electron chi connectivity index (χ3n) is 1.24. The van der Waals surface area contributed by atoms with Crippen LogP contribution in [-0.2, 0) is 11.4 Å². The summed E-state index contributed by atoms with van der Waals surface area (Å²) in [4.78, 5) is 8.56. The molecule has 0 radical (unpaired) electrons. The standard InChI is InChI=1S/C7H7N5O/c8-4-6-2-1-3-7(10-6)5-13-12-11-9/h1-3H,5H2,(H2,9,12). The lowest BCUT2D eigenvalue weighted by Gasteiger charge is -1.96. The van der Waals surface area contributed by atoms with Gasteiger partial charge in [-0.05, 0) is 17.4 Å². The normalized spacial score (nSPS) is 9.77. The van der Waals surface area contributed by atoms with Crippen LogP contribution >= 0.6 is 0 Å². The molecule has 1 rings (SSSR count). The Kier molecular flexibility index (Phi) is 3.20. The Morgan fingerprint density at radius 3 is 3.15 bits per heavy atom. The van der Waals surface area contributed by atoms with Crippen molar-refractivity contribution >= 4 is 0 Å². The lowest BCUT2D eigenvalue weighted by Crippen LogP contribution is -1.93. The summed E-state index contributed by atoms with van der Waals surface area (Å²) in [6, 6.07) is 6.94. The zero-order valence-corrected chi connectivity index (χ0v) is 6.71. The van der Waals surface area contributed by atoms with Crippen LogP contribution in [0.15, 0.2) is 28.7 Å². The van der Waals surface area contributed by atoms with Crippen LogP contribution in [0.5, 0.6) is 0 Å². The number of aromatic nitrogens is 1. The van der Waals surface area contributed by atoms with E-state index < -0.39 is 0 Å². The zero-order chi connectivity index (χ0) is 9.52. The fourth-order valence-electron chi connectivity index (χ4n) is 0.751. The lowest BCUT2D eigenvalue weighted by atomic mass is 10.3. The first-order valence-corrected chi connectivity index (χ1v) is 3.45. The Labute approximate surface area is 74.6 Å². The molecule has 6 nitrogen and oxygen atoms in total. The summed E-state index contributed by atoms with van der Waals surface area (Å²) in [5.41, 5.74) is 0.942. The van der Waals surface area contributed by atoms with Gasteiger partial charge in [0.05, 0.1) is 5.69 Å². The van der Waals surface area contributed by atoms with E-state index in [0.717, 1.165) is 0 Å². The van der Waals surface area contributed by atoms with E-state index in [-0.39, 0.29) is 6.61 Å². The predicted octanol–water partition coefficient (Wildman–Crippen LogP) is 0.711. The number of nitrogens with two attached hydrogens (primary N) is 1. The van der Waals surface area contributed by atoms with Gasteiger partial charge >= 0.3 is 0 Å². The third kappa shape index (κ3) is 2.75. The Hall–Kier alpha value is -2.16. The molecule has 0 aliphatic carbocycles. The molecule has 0 atom stereocenters. The minimum absolute atomic E-state index is 0.149. The van der Waals surface area contributed by atoms with Gasteiger partial charge in [0.15, 0.2) is 6.61 Å². The van der Waals surface area contributed by atoms with E-state index in [9.17, 15) is 0 Å². The molecule has 0 saturated carbocycles. The van der Waals surface area contributed by atoms with Crippen LogP contribution in [0.25, 0.3) is 0 Å². The summed E-state index contributed by atoms with van der Waals surface area (Å²) in [5.74, 6) is 4.71. The molecule has 0 spiro atoms. The average Bonchev–Trinajstić information content (AvgIpc) is 2.19. The molecule has 1 aromatic heterocycles. The van der Waals surface area contributed by atoms with Gasteiger partial charge in [0.25, 0.3) is 0 Å². The number of nitrogens with zero attached hydrogens (tertiary/aromatic N) is 4. The molecule has 0 aromatic carbocycles. The molecule has 0 fully saturated rings. The van der Waals surface area contributed by atoms with Crippen LogP contribution < -0.4 is 5.84 Å². The molecular weight excluding hydrogens is 170 g/mol. The molecule has 0 saturated heterocycles. The molecule has 1 aromatic rings. The van der Waals surface area contributed by atoms with Crippen molar-refractivity contribution in [1.29, 1.82) is 5.26 Å². The van der Waals surface area contributed by atoms with Gasteiger partial charge in [-0.25, -0.2) is 4.98 Å². The zero-order valence-electron chi connectivity index (χ0n) is 6.71. The van der Waals surface area contributed by atoms with Gasteiger partial charge in [0.2, 0.25) is 0 Å². The smallest absolute Gasteiger partial charge is 0.160 e. The van der Waals surface area contributed by atoms with Crippen molar-refractivity contribution in [2.24, 2.45) is 16.3 Å². The van der Waals surface area contributed by atoms with Crippen molar-refractivity contribution in [2.75, 3.05) is 0 Å². The Balaban J connectivity index is 2.62. The number of pyridine rings is 1. The van der Waals surface area contributed by atoms with Crippen LogP contribution in [0.2, 0.25) is 0 Å². The monoisotopic (exact) mass is 177 g/mol. The van der Waals surface area contributed by atoms with Crippen molar-refractivity contribution in [2.45, 2.75) is 6.61 Å². The van der Waals surface area contributed by atoms with Crippen LogP contribution in [0.1, 0.15) is 11.4 Å². The summed E-state index contributed by atoms with van der Waals surface area (Å²) in [6.45, 7) is 0.149. The number of hydrogen-bond acceptors (Lipinski definition) is 5.